The first-order valence-corrected chi connectivity index (χ1v) is 15.9. The van der Waals surface area contributed by atoms with E-state index in [-0.39, 0.29) is 17.6 Å². The lowest BCUT2D eigenvalue weighted by Crippen LogP contribution is -2.52. The molecule has 4 atom stereocenters. The van der Waals surface area contributed by atoms with Crippen LogP contribution in [0.4, 0.5) is 15.4 Å². The molecule has 1 aliphatic rings. The lowest BCUT2D eigenvalue weighted by Gasteiger charge is -2.33. The van der Waals surface area contributed by atoms with E-state index in [1.807, 2.05) is 36.4 Å². The van der Waals surface area contributed by atoms with Crippen LogP contribution in [0.2, 0.25) is 5.28 Å². The first kappa shape index (κ1) is 34.1. The fraction of sp³-hybridized carbons (Fsp3) is 0.441. The molecule has 2 aromatic carbocycles. The van der Waals surface area contributed by atoms with Gasteiger partial charge < -0.3 is 29.6 Å². The summed E-state index contributed by atoms with van der Waals surface area (Å²) in [6.07, 6.45) is -3.49. The zero-order valence-electron chi connectivity index (χ0n) is 27.3. The van der Waals surface area contributed by atoms with Crippen LogP contribution in [0.5, 0.6) is 0 Å². The number of ether oxygens (including phenoxy) is 2. The number of nitrogens with zero attached hydrogens (tertiary/aromatic N) is 5. The molecule has 0 bridgehead atoms. The van der Waals surface area contributed by atoms with Gasteiger partial charge in [0.1, 0.15) is 23.4 Å². The van der Waals surface area contributed by atoms with Crippen LogP contribution in [0.3, 0.4) is 0 Å². The van der Waals surface area contributed by atoms with E-state index >= 15 is 0 Å². The third-order valence-corrected chi connectivity index (χ3v) is 7.93. The lowest BCUT2D eigenvalue weighted by atomic mass is 9.91. The number of aliphatic hydroxyl groups excluding tert-OH is 2. The molecule has 0 radical (unpaired) electrons. The third kappa shape index (κ3) is 7.83. The Labute approximate surface area is 278 Å². The average molecular weight is 665 g/mol. The smallest absolute Gasteiger partial charge is 0.420 e. The SMILES string of the molecule is CC(C)(C)OC(=O)N(C(=O)OC(C)(C)C)C1C[C@@H](n2cnc3c(NCC(c4ccccc4)c4ccccc4)nc(Cl)nc32)[C@H](O)[C@@H]1O. The number of fused-ring (bicyclic) bond motifs is 1. The molecule has 0 spiro atoms. The normalized spacial score (nSPS) is 20.0. The Morgan fingerprint density at radius 3 is 1.96 bits per heavy atom. The van der Waals surface area contributed by atoms with E-state index in [1.165, 1.54) is 6.33 Å². The quantitative estimate of drug-likeness (QED) is 0.203. The first-order valence-electron chi connectivity index (χ1n) is 15.5. The molecule has 2 amide bonds. The summed E-state index contributed by atoms with van der Waals surface area (Å²) in [5.41, 5.74) is 1.06. The lowest BCUT2D eigenvalue weighted by molar-refractivity contribution is -0.0349. The largest absolute Gasteiger partial charge is 0.443 e. The summed E-state index contributed by atoms with van der Waals surface area (Å²) in [6.45, 7) is 10.4. The summed E-state index contributed by atoms with van der Waals surface area (Å²) in [4.78, 5) is 40.7. The van der Waals surface area contributed by atoms with Crippen LogP contribution >= 0.6 is 11.6 Å². The van der Waals surface area contributed by atoms with Crippen LogP contribution in [0.25, 0.3) is 11.2 Å². The molecule has 1 aliphatic carbocycles. The Hall–Kier alpha value is -4.26. The van der Waals surface area contributed by atoms with E-state index in [9.17, 15) is 19.8 Å². The van der Waals surface area contributed by atoms with E-state index in [4.69, 9.17) is 21.1 Å². The van der Waals surface area contributed by atoms with Crippen molar-refractivity contribution in [1.82, 2.24) is 24.4 Å². The van der Waals surface area contributed by atoms with Gasteiger partial charge in [-0.2, -0.15) is 9.97 Å². The van der Waals surface area contributed by atoms with Crippen LogP contribution in [0, 0.1) is 0 Å². The molecule has 2 heterocycles. The minimum absolute atomic E-state index is 0.0115. The first-order chi connectivity index (χ1) is 22.1. The highest BCUT2D eigenvalue weighted by Gasteiger charge is 2.50. The number of aliphatic hydroxyl groups is 2. The number of carbonyl (C=O) groups is 2. The standard InChI is InChI=1S/C34H41ClN6O6/c1-33(2,3)46-31(44)41(32(45)47-34(4,5)6)24-17-23(26(42)27(24)43)40-19-37-25-28(38-30(35)39-29(25)40)36-18-22(20-13-9-7-10-14-20)21-15-11-8-12-16-21/h7-16,19,22-24,26-27,42-43H,17-18H2,1-6H3,(H,36,38,39)/t23-,24?,26+,27-/m1/s1. The van der Waals surface area contributed by atoms with E-state index in [2.05, 4.69) is 44.5 Å². The average Bonchev–Trinajstić information content (AvgIpc) is 3.53. The molecule has 12 nitrogen and oxygen atoms in total. The summed E-state index contributed by atoms with van der Waals surface area (Å²) in [6, 6.07) is 18.2. The van der Waals surface area contributed by atoms with Crippen LogP contribution in [-0.2, 0) is 9.47 Å². The Morgan fingerprint density at radius 2 is 1.45 bits per heavy atom. The second kappa shape index (κ2) is 13.5. The summed E-state index contributed by atoms with van der Waals surface area (Å²) in [5, 5.41) is 25.9. The van der Waals surface area contributed by atoms with Crippen molar-refractivity contribution >= 4 is 40.8 Å². The van der Waals surface area contributed by atoms with Crippen molar-refractivity contribution in [3.63, 3.8) is 0 Å². The molecular weight excluding hydrogens is 624 g/mol. The predicted octanol–water partition coefficient (Wildman–Crippen LogP) is 5.93. The molecule has 250 valence electrons. The fourth-order valence-corrected chi connectivity index (χ4v) is 5.90. The van der Waals surface area contributed by atoms with Gasteiger partial charge >= 0.3 is 12.2 Å². The van der Waals surface area contributed by atoms with E-state index in [0.29, 0.717) is 23.5 Å². The highest BCUT2D eigenvalue weighted by atomic mass is 35.5. The maximum atomic E-state index is 13.3. The maximum Gasteiger partial charge on any atom is 0.420 e. The number of hydrogen-bond donors (Lipinski definition) is 3. The molecule has 3 N–H and O–H groups in total. The number of benzene rings is 2. The number of imide groups is 1. The Morgan fingerprint density at radius 1 is 0.915 bits per heavy atom. The van der Waals surface area contributed by atoms with Crippen molar-refractivity contribution in [3.8, 4) is 0 Å². The van der Waals surface area contributed by atoms with Crippen LogP contribution in [0.1, 0.15) is 71.0 Å². The Kier molecular flexibility index (Phi) is 9.76. The van der Waals surface area contributed by atoms with Crippen molar-refractivity contribution in [2.45, 2.75) is 89.4 Å². The van der Waals surface area contributed by atoms with Crippen molar-refractivity contribution in [2.24, 2.45) is 0 Å². The van der Waals surface area contributed by atoms with Crippen molar-refractivity contribution < 1.29 is 29.3 Å². The van der Waals surface area contributed by atoms with Gasteiger partial charge in [0.15, 0.2) is 17.0 Å². The molecule has 0 aliphatic heterocycles. The van der Waals surface area contributed by atoms with Gasteiger partial charge in [0, 0.05) is 12.5 Å². The number of imidazole rings is 1. The summed E-state index contributed by atoms with van der Waals surface area (Å²) in [5.74, 6) is 0.381. The van der Waals surface area contributed by atoms with Gasteiger partial charge in [0.05, 0.1) is 18.4 Å². The van der Waals surface area contributed by atoms with Crippen molar-refractivity contribution in [2.75, 3.05) is 11.9 Å². The number of rotatable bonds is 7. The van der Waals surface area contributed by atoms with Gasteiger partial charge in [-0.3, -0.25) is 0 Å². The zero-order valence-corrected chi connectivity index (χ0v) is 28.0. The maximum absolute atomic E-state index is 13.3. The molecule has 47 heavy (non-hydrogen) atoms. The molecule has 0 saturated heterocycles. The number of anilines is 1. The van der Waals surface area contributed by atoms with Gasteiger partial charge in [-0.25, -0.2) is 19.5 Å². The number of carbonyl (C=O) groups excluding carboxylic acids is 2. The molecule has 2 aromatic heterocycles. The molecule has 5 rings (SSSR count). The number of amides is 2. The highest BCUT2D eigenvalue weighted by molar-refractivity contribution is 6.28. The van der Waals surface area contributed by atoms with E-state index in [0.717, 1.165) is 16.0 Å². The van der Waals surface area contributed by atoms with Crippen molar-refractivity contribution in [1.29, 1.82) is 0 Å². The van der Waals surface area contributed by atoms with E-state index < -0.39 is 47.7 Å². The zero-order chi connectivity index (χ0) is 34.1. The van der Waals surface area contributed by atoms with E-state index in [1.54, 1.807) is 46.1 Å². The van der Waals surface area contributed by atoms with Gasteiger partial charge in [-0.1, -0.05) is 60.7 Å². The van der Waals surface area contributed by atoms with Crippen LogP contribution < -0.4 is 5.32 Å². The molecule has 1 fully saturated rings. The predicted molar refractivity (Wildman–Crippen MR) is 177 cm³/mol. The monoisotopic (exact) mass is 664 g/mol. The number of halogens is 1. The van der Waals surface area contributed by atoms with Gasteiger partial charge in [0.2, 0.25) is 5.28 Å². The number of hydrogen-bond acceptors (Lipinski definition) is 10. The fourth-order valence-electron chi connectivity index (χ4n) is 5.74. The van der Waals surface area contributed by atoms with Crippen LogP contribution in [-0.4, -0.2) is 82.8 Å². The minimum Gasteiger partial charge on any atom is -0.443 e. The minimum atomic E-state index is -1.52. The molecule has 1 unspecified atom stereocenters. The van der Waals surface area contributed by atoms with Gasteiger partial charge in [0.25, 0.3) is 0 Å². The molecule has 4 aromatic rings. The second-order valence-corrected chi connectivity index (χ2v) is 13.9. The summed E-state index contributed by atoms with van der Waals surface area (Å²) >= 11 is 6.41. The Balaban J connectivity index is 1.45. The number of nitrogens with one attached hydrogen (secondary N) is 1. The van der Waals surface area contributed by atoms with Crippen LogP contribution in [0.15, 0.2) is 67.0 Å². The van der Waals surface area contributed by atoms with Gasteiger partial charge in [-0.15, -0.1) is 0 Å². The molecule has 1 saturated carbocycles. The Bertz CT molecular complexity index is 1640. The third-order valence-electron chi connectivity index (χ3n) is 7.76. The van der Waals surface area contributed by atoms with Gasteiger partial charge in [-0.05, 0) is 70.7 Å². The highest BCUT2D eigenvalue weighted by Crippen LogP contribution is 2.38. The molecular formula is C34H41ClN6O6. The van der Waals surface area contributed by atoms with Crippen molar-refractivity contribution in [3.05, 3.63) is 83.4 Å². The summed E-state index contributed by atoms with van der Waals surface area (Å²) in [7, 11) is 0. The second-order valence-electron chi connectivity index (χ2n) is 13.6. The number of aromatic nitrogens is 4. The topological polar surface area (TPSA) is 152 Å². The molecule has 13 heteroatoms. The summed E-state index contributed by atoms with van der Waals surface area (Å²) < 4.78 is 12.6.